The molecule has 0 radical (unpaired) electrons. The van der Waals surface area contributed by atoms with Crippen molar-refractivity contribution in [3.8, 4) is 0 Å². The molecule has 4 N–H and O–H groups in total. The van der Waals surface area contributed by atoms with E-state index in [1.54, 1.807) is 11.8 Å². The Kier molecular flexibility index (Phi) is 5.39. The molecule has 0 aliphatic carbocycles. The quantitative estimate of drug-likeness (QED) is 0.421. The van der Waals surface area contributed by atoms with Crippen molar-refractivity contribution < 1.29 is 29.7 Å². The molecular weight excluding hydrogens is 398 g/mol. The van der Waals surface area contributed by atoms with Crippen LogP contribution in [0.4, 0.5) is 0 Å². The number of β-lactam (4-membered cyclic amide) rings is 1. The number of nitrogens with zero attached hydrogens (tertiary/aromatic N) is 2. The second kappa shape index (κ2) is 7.57. The molecule has 3 fully saturated rings. The van der Waals surface area contributed by atoms with Crippen LogP contribution in [0.5, 0.6) is 0 Å². The number of rotatable bonds is 5. The smallest absolute Gasteiger partial charge is 0.353 e. The van der Waals surface area contributed by atoms with Crippen LogP contribution in [0.25, 0.3) is 0 Å². The summed E-state index contributed by atoms with van der Waals surface area (Å²) in [6.07, 6.45) is -0.121. The number of carbonyl (C=O) groups is 3. The highest BCUT2D eigenvalue weighted by atomic mass is 32.2. The summed E-state index contributed by atoms with van der Waals surface area (Å²) < 4.78 is 0. The van der Waals surface area contributed by atoms with Gasteiger partial charge in [0.25, 0.3) is 0 Å². The molecule has 4 aliphatic rings. The second-order valence-corrected chi connectivity index (χ2v) is 9.78. The molecule has 160 valence electrons. The molecule has 4 unspecified atom stereocenters. The van der Waals surface area contributed by atoms with E-state index in [0.717, 1.165) is 0 Å². The number of carboxylic acid groups (broad SMARTS) is 1. The van der Waals surface area contributed by atoms with Gasteiger partial charge in [0.2, 0.25) is 11.8 Å². The molecule has 9 nitrogen and oxygen atoms in total. The third-order valence-corrected chi connectivity index (χ3v) is 7.98. The maximum Gasteiger partial charge on any atom is 0.353 e. The van der Waals surface area contributed by atoms with Crippen molar-refractivity contribution >= 4 is 29.5 Å². The zero-order chi connectivity index (χ0) is 21.0. The lowest BCUT2D eigenvalue weighted by Gasteiger charge is -2.46. The van der Waals surface area contributed by atoms with E-state index in [1.807, 2.05) is 6.92 Å². The number of amides is 2. The van der Waals surface area contributed by atoms with Crippen molar-refractivity contribution in [1.29, 1.82) is 0 Å². The first kappa shape index (κ1) is 20.6. The lowest BCUT2D eigenvalue weighted by Crippen LogP contribution is -2.63. The molecule has 3 saturated heterocycles. The van der Waals surface area contributed by atoms with Crippen molar-refractivity contribution in [1.82, 2.24) is 15.1 Å². The van der Waals surface area contributed by atoms with Gasteiger partial charge in [-0.25, -0.2) is 4.79 Å². The third-order valence-electron chi connectivity index (χ3n) is 6.47. The normalized spacial score (nSPS) is 37.7. The largest absolute Gasteiger partial charge is 0.477 e. The Morgan fingerprint density at radius 3 is 2.66 bits per heavy atom. The fraction of sp³-hybridized carbons (Fsp3) is 0.737. The van der Waals surface area contributed by atoms with Crippen molar-refractivity contribution in [3.63, 3.8) is 0 Å². The summed E-state index contributed by atoms with van der Waals surface area (Å²) in [5.74, 6) is -2.24. The summed E-state index contributed by atoms with van der Waals surface area (Å²) in [5, 5.41) is 32.5. The number of likely N-dealkylation sites (tertiary alicyclic amines) is 1. The molecule has 4 rings (SSSR count). The molecule has 2 amide bonds. The molecule has 0 spiro atoms. The van der Waals surface area contributed by atoms with Gasteiger partial charge in [-0.3, -0.25) is 9.59 Å². The third kappa shape index (κ3) is 3.35. The molecule has 10 heteroatoms. The number of nitrogens with one attached hydrogen (secondary N) is 1. The van der Waals surface area contributed by atoms with E-state index in [0.29, 0.717) is 37.4 Å². The zero-order valence-corrected chi connectivity index (χ0v) is 17.3. The number of aliphatic carboxylic acids is 1. The van der Waals surface area contributed by atoms with Crippen molar-refractivity contribution in [3.05, 3.63) is 10.6 Å². The molecule has 0 aromatic carbocycles. The Labute approximate surface area is 173 Å². The van der Waals surface area contributed by atoms with Crippen molar-refractivity contribution in [2.24, 2.45) is 11.8 Å². The van der Waals surface area contributed by atoms with E-state index in [9.17, 15) is 29.7 Å². The lowest BCUT2D eigenvalue weighted by molar-refractivity contribution is -0.163. The summed E-state index contributed by atoms with van der Waals surface area (Å²) in [5.41, 5.74) is 0.0202. The van der Waals surface area contributed by atoms with Gasteiger partial charge in [-0.05, 0) is 19.8 Å². The zero-order valence-electron chi connectivity index (χ0n) is 16.4. The van der Waals surface area contributed by atoms with E-state index in [1.165, 1.54) is 16.7 Å². The van der Waals surface area contributed by atoms with Gasteiger partial charge >= 0.3 is 5.97 Å². The minimum Gasteiger partial charge on any atom is -0.477 e. The first-order valence-corrected chi connectivity index (χ1v) is 10.9. The molecular formula is C19H27N3O6S. The minimum atomic E-state index is -1.14. The number of β-amino-alcohol motifs (C(OH)–C–C–N with tert-alkyl or cyclic N) is 1. The van der Waals surface area contributed by atoms with Gasteiger partial charge in [0.1, 0.15) is 5.70 Å². The summed E-state index contributed by atoms with van der Waals surface area (Å²) in [4.78, 5) is 40.6. The highest BCUT2D eigenvalue weighted by Gasteiger charge is 2.60. The monoisotopic (exact) mass is 425 g/mol. The Morgan fingerprint density at radius 1 is 1.34 bits per heavy atom. The maximum absolute atomic E-state index is 12.6. The van der Waals surface area contributed by atoms with Crippen LogP contribution < -0.4 is 5.32 Å². The Morgan fingerprint density at radius 2 is 2.07 bits per heavy atom. The topological polar surface area (TPSA) is 130 Å². The number of aliphatic hydroxyl groups is 2. The van der Waals surface area contributed by atoms with Crippen LogP contribution in [-0.4, -0.2) is 92.1 Å². The van der Waals surface area contributed by atoms with E-state index < -0.39 is 24.1 Å². The number of aliphatic hydroxyl groups excluding tert-OH is 2. The van der Waals surface area contributed by atoms with Gasteiger partial charge in [-0.15, -0.1) is 11.8 Å². The first-order valence-electron chi connectivity index (χ1n) is 10.1. The van der Waals surface area contributed by atoms with Crippen LogP contribution in [0.3, 0.4) is 0 Å². The van der Waals surface area contributed by atoms with Crippen LogP contribution >= 0.6 is 11.8 Å². The average molecular weight is 426 g/mol. The number of hydrogen-bond acceptors (Lipinski definition) is 7. The van der Waals surface area contributed by atoms with Gasteiger partial charge in [0, 0.05) is 35.7 Å². The molecule has 4 heterocycles. The molecule has 0 bridgehead atoms. The van der Waals surface area contributed by atoms with Gasteiger partial charge in [0.15, 0.2) is 0 Å². The average Bonchev–Trinajstić information content (AvgIpc) is 3.33. The molecule has 29 heavy (non-hydrogen) atoms. The highest BCUT2D eigenvalue weighted by molar-refractivity contribution is 8.03. The van der Waals surface area contributed by atoms with Crippen LogP contribution in [0.15, 0.2) is 10.6 Å². The minimum absolute atomic E-state index is 0.0158. The molecule has 0 aromatic rings. The van der Waals surface area contributed by atoms with Crippen molar-refractivity contribution in [2.45, 2.75) is 56.2 Å². The summed E-state index contributed by atoms with van der Waals surface area (Å²) in [6, 6.07) is -0.666. The van der Waals surface area contributed by atoms with Crippen LogP contribution in [0, 0.1) is 11.8 Å². The number of carboxylic acids is 1. The second-order valence-electron chi connectivity index (χ2n) is 8.44. The van der Waals surface area contributed by atoms with Crippen LogP contribution in [-0.2, 0) is 14.4 Å². The Bertz CT molecular complexity index is 771. The number of thioether (sulfide) groups is 1. The van der Waals surface area contributed by atoms with Gasteiger partial charge in [-0.2, -0.15) is 0 Å². The van der Waals surface area contributed by atoms with Crippen LogP contribution in [0.1, 0.15) is 26.7 Å². The summed E-state index contributed by atoms with van der Waals surface area (Å²) >= 11 is 1.43. The lowest BCUT2D eigenvalue weighted by atomic mass is 9.79. The number of fused-ring (bicyclic) bond motifs is 1. The Balaban J connectivity index is 1.46. The molecule has 0 saturated carbocycles. The first-order chi connectivity index (χ1) is 13.7. The number of carbonyl (C=O) groups excluding carboxylic acids is 2. The predicted octanol–water partition coefficient (Wildman–Crippen LogP) is -0.803. The fourth-order valence-electron chi connectivity index (χ4n) is 5.00. The van der Waals surface area contributed by atoms with E-state index in [4.69, 9.17) is 0 Å². The van der Waals surface area contributed by atoms with Gasteiger partial charge < -0.3 is 30.4 Å². The van der Waals surface area contributed by atoms with Crippen molar-refractivity contribution in [2.75, 3.05) is 19.6 Å². The summed E-state index contributed by atoms with van der Waals surface area (Å²) in [6.45, 7) is 4.94. The molecule has 4 aliphatic heterocycles. The van der Waals surface area contributed by atoms with E-state index in [-0.39, 0.29) is 40.8 Å². The molecule has 7 atom stereocenters. The molecule has 0 aromatic heterocycles. The maximum atomic E-state index is 12.6. The van der Waals surface area contributed by atoms with Crippen LogP contribution in [0.2, 0.25) is 0 Å². The van der Waals surface area contributed by atoms with E-state index in [2.05, 4.69) is 5.32 Å². The predicted molar refractivity (Wildman–Crippen MR) is 105 cm³/mol. The van der Waals surface area contributed by atoms with Gasteiger partial charge in [-0.1, -0.05) is 6.92 Å². The standard InChI is InChI=1S/C19H27N3O6S/c1-8-14-13(9(2)23)18(26)22(14)15(19(27)28)16(8)29-11-5-12(20-6-11)17(25)21-4-3-10(24)7-21/h8-14,20,23-24H,3-7H2,1-2H3,(H,27,28)/t8-,9-,10?,11+,12?,13?,14?/m1/s1. The Hall–Kier alpha value is -1.62. The SMILES string of the molecule is C[C@@H](O)C1C(=O)N2C(C(=O)O)=C(S[C@@H]3CNC(C(=O)N4CCC(O)C4)C3)[C@H](C)C12. The highest BCUT2D eigenvalue weighted by Crippen LogP contribution is 2.51. The van der Waals surface area contributed by atoms with Gasteiger partial charge in [0.05, 0.1) is 30.2 Å². The number of hydrogen-bond donors (Lipinski definition) is 4. The van der Waals surface area contributed by atoms with E-state index >= 15 is 0 Å². The fourth-order valence-corrected chi connectivity index (χ4v) is 6.48. The summed E-state index contributed by atoms with van der Waals surface area (Å²) in [7, 11) is 0.